The van der Waals surface area contributed by atoms with Gasteiger partial charge in [-0.15, -0.1) is 6.42 Å². The van der Waals surface area contributed by atoms with E-state index in [-0.39, 0.29) is 39.8 Å². The number of aromatic carboxylic acids is 1. The average Bonchev–Trinajstić information content (AvgIpc) is 3.07. The highest BCUT2D eigenvalue weighted by Gasteiger charge is 2.25. The molecular formula is C17H15N3O6S. The van der Waals surface area contributed by atoms with Crippen LogP contribution < -0.4 is 5.56 Å². The Morgan fingerprint density at radius 3 is 2.70 bits per heavy atom. The lowest BCUT2D eigenvalue weighted by molar-refractivity contribution is 0.0699. The van der Waals surface area contributed by atoms with Crippen LogP contribution >= 0.6 is 0 Å². The van der Waals surface area contributed by atoms with E-state index in [1.54, 1.807) is 0 Å². The third kappa shape index (κ3) is 3.08. The molecule has 2 heterocycles. The van der Waals surface area contributed by atoms with E-state index >= 15 is 0 Å². The van der Waals surface area contributed by atoms with Crippen molar-refractivity contribution in [1.29, 1.82) is 0 Å². The fraction of sp³-hybridized carbons (Fsp3) is 0.176. The van der Waals surface area contributed by atoms with Gasteiger partial charge in [0.1, 0.15) is 5.52 Å². The highest BCUT2D eigenvalue weighted by Crippen LogP contribution is 2.28. The van der Waals surface area contributed by atoms with Gasteiger partial charge >= 0.3 is 5.97 Å². The molecular weight excluding hydrogens is 374 g/mol. The number of nitrogens with one attached hydrogen (secondary N) is 2. The van der Waals surface area contributed by atoms with Gasteiger partial charge in [-0.25, -0.2) is 13.2 Å². The van der Waals surface area contributed by atoms with Crippen LogP contribution in [0.25, 0.3) is 21.8 Å². The average molecular weight is 389 g/mol. The van der Waals surface area contributed by atoms with Crippen molar-refractivity contribution < 1.29 is 23.4 Å². The van der Waals surface area contributed by atoms with Crippen LogP contribution in [-0.4, -0.2) is 58.6 Å². The van der Waals surface area contributed by atoms with Gasteiger partial charge in [-0.1, -0.05) is 5.92 Å². The largest absolute Gasteiger partial charge is 0.478 e. The molecule has 0 radical (unpaired) electrons. The van der Waals surface area contributed by atoms with Gasteiger partial charge in [0.2, 0.25) is 10.0 Å². The second kappa shape index (κ2) is 6.88. The molecule has 4 N–H and O–H groups in total. The van der Waals surface area contributed by atoms with Crippen LogP contribution in [-0.2, 0) is 10.0 Å². The smallest absolute Gasteiger partial charge is 0.337 e. The number of rotatable bonds is 6. The Morgan fingerprint density at radius 2 is 2.07 bits per heavy atom. The molecule has 10 heteroatoms. The predicted molar refractivity (Wildman–Crippen MR) is 98.1 cm³/mol. The van der Waals surface area contributed by atoms with Crippen LogP contribution in [0.3, 0.4) is 0 Å². The van der Waals surface area contributed by atoms with Crippen LogP contribution in [0.15, 0.2) is 34.1 Å². The minimum atomic E-state index is -4.03. The van der Waals surface area contributed by atoms with Crippen LogP contribution in [0, 0.1) is 12.3 Å². The summed E-state index contributed by atoms with van der Waals surface area (Å²) < 4.78 is 26.6. The number of hydrogen-bond donors (Lipinski definition) is 4. The number of aromatic nitrogens is 2. The fourth-order valence-electron chi connectivity index (χ4n) is 2.88. The summed E-state index contributed by atoms with van der Waals surface area (Å²) in [5.41, 5.74) is -0.342. The zero-order chi connectivity index (χ0) is 19.8. The van der Waals surface area contributed by atoms with Gasteiger partial charge in [0, 0.05) is 29.0 Å². The molecule has 0 saturated carbocycles. The number of nitrogens with zero attached hydrogens (tertiary/aromatic N) is 1. The number of carboxylic acids is 1. The van der Waals surface area contributed by atoms with E-state index < -0.39 is 28.2 Å². The summed E-state index contributed by atoms with van der Waals surface area (Å²) in [4.78, 5) is 28.7. The number of fused-ring (bicyclic) bond motifs is 3. The standard InChI is InChI=1S/C17H15N3O6S/c1-2-5-20(6-7-21)27(25,26)10-3-4-13-11(8-10)14-12(17(23)24)9-18-15(14)16(22)19-13/h1,3-4,8-9,18,21H,5-7H2,(H,19,22)(H,23,24). The highest BCUT2D eigenvalue weighted by atomic mass is 32.2. The first kappa shape index (κ1) is 18.7. The lowest BCUT2D eigenvalue weighted by Gasteiger charge is -2.19. The zero-order valence-electron chi connectivity index (χ0n) is 13.9. The van der Waals surface area contributed by atoms with E-state index in [1.807, 2.05) is 0 Å². The molecule has 0 unspecified atom stereocenters. The number of terminal acetylenes is 1. The number of aliphatic hydroxyl groups is 1. The van der Waals surface area contributed by atoms with Crippen molar-refractivity contribution >= 4 is 37.8 Å². The van der Waals surface area contributed by atoms with Crippen LogP contribution in [0.2, 0.25) is 0 Å². The maximum Gasteiger partial charge on any atom is 0.337 e. The minimum absolute atomic E-state index is 0.0327. The van der Waals surface area contributed by atoms with Gasteiger partial charge in [-0.2, -0.15) is 4.31 Å². The van der Waals surface area contributed by atoms with Crippen molar-refractivity contribution in [3.8, 4) is 12.3 Å². The van der Waals surface area contributed by atoms with Crippen molar-refractivity contribution in [2.24, 2.45) is 0 Å². The van der Waals surface area contributed by atoms with Crippen LogP contribution in [0.1, 0.15) is 10.4 Å². The molecule has 0 spiro atoms. The van der Waals surface area contributed by atoms with Crippen LogP contribution in [0.4, 0.5) is 0 Å². The third-order valence-electron chi connectivity index (χ3n) is 4.10. The van der Waals surface area contributed by atoms with Gasteiger partial charge < -0.3 is 20.2 Å². The molecule has 9 nitrogen and oxygen atoms in total. The number of benzene rings is 1. The predicted octanol–water partition coefficient (Wildman–Crippen LogP) is 0.324. The Hall–Kier alpha value is -3.13. The zero-order valence-corrected chi connectivity index (χ0v) is 14.7. The van der Waals surface area contributed by atoms with E-state index in [4.69, 9.17) is 11.5 Å². The molecule has 1 aromatic carbocycles. The molecule has 0 atom stereocenters. The van der Waals surface area contributed by atoms with Gasteiger partial charge in [0.25, 0.3) is 5.56 Å². The van der Waals surface area contributed by atoms with E-state index in [9.17, 15) is 23.1 Å². The lowest BCUT2D eigenvalue weighted by atomic mass is 10.1. The Labute approximate surface area is 153 Å². The summed E-state index contributed by atoms with van der Waals surface area (Å²) in [7, 11) is -4.03. The molecule has 0 aliphatic carbocycles. The Bertz CT molecular complexity index is 1250. The number of sulfonamides is 1. The Morgan fingerprint density at radius 1 is 1.33 bits per heavy atom. The number of aromatic amines is 2. The Balaban J connectivity index is 2.32. The molecule has 0 saturated heterocycles. The SMILES string of the molecule is C#CCN(CCO)S(=O)(=O)c1ccc2[nH]c(=O)c3[nH]cc(C(=O)O)c3c2c1. The van der Waals surface area contributed by atoms with Gasteiger partial charge in [0.05, 0.1) is 23.6 Å². The first-order valence-electron chi connectivity index (χ1n) is 7.76. The van der Waals surface area contributed by atoms with Crippen molar-refractivity contribution in [1.82, 2.24) is 14.3 Å². The van der Waals surface area contributed by atoms with E-state index in [2.05, 4.69) is 15.9 Å². The van der Waals surface area contributed by atoms with Crippen molar-refractivity contribution in [3.05, 3.63) is 40.3 Å². The summed E-state index contributed by atoms with van der Waals surface area (Å²) in [5, 5.41) is 18.8. The van der Waals surface area contributed by atoms with Gasteiger partial charge in [-0.05, 0) is 18.2 Å². The molecule has 0 aliphatic heterocycles. The molecule has 140 valence electrons. The normalized spacial score (nSPS) is 11.9. The maximum atomic E-state index is 12.8. The van der Waals surface area contributed by atoms with Crippen molar-refractivity contribution in [2.45, 2.75) is 4.90 Å². The summed E-state index contributed by atoms with van der Waals surface area (Å²) in [5.74, 6) is 0.974. The minimum Gasteiger partial charge on any atom is -0.478 e. The summed E-state index contributed by atoms with van der Waals surface area (Å²) in [6.07, 6.45) is 6.39. The highest BCUT2D eigenvalue weighted by molar-refractivity contribution is 7.89. The molecule has 2 aromatic heterocycles. The van der Waals surface area contributed by atoms with Crippen molar-refractivity contribution in [2.75, 3.05) is 19.7 Å². The summed E-state index contributed by atoms with van der Waals surface area (Å²) >= 11 is 0. The third-order valence-corrected chi connectivity index (χ3v) is 5.94. The molecule has 0 bridgehead atoms. The van der Waals surface area contributed by atoms with E-state index in [0.29, 0.717) is 5.52 Å². The van der Waals surface area contributed by atoms with Crippen LogP contribution in [0.5, 0.6) is 0 Å². The fourth-order valence-corrected chi connectivity index (χ4v) is 4.25. The molecule has 3 rings (SSSR count). The molecule has 0 fully saturated rings. The summed E-state index contributed by atoms with van der Waals surface area (Å²) in [6, 6.07) is 3.95. The summed E-state index contributed by atoms with van der Waals surface area (Å²) in [6.45, 7) is -0.824. The monoisotopic (exact) mass is 389 g/mol. The van der Waals surface area contributed by atoms with E-state index in [1.165, 1.54) is 24.4 Å². The number of carbonyl (C=O) groups is 1. The second-order valence-electron chi connectivity index (χ2n) is 5.69. The molecule has 3 aromatic rings. The molecule has 0 amide bonds. The first-order chi connectivity index (χ1) is 12.8. The molecule has 27 heavy (non-hydrogen) atoms. The number of hydrogen-bond acceptors (Lipinski definition) is 5. The molecule has 0 aliphatic rings. The van der Waals surface area contributed by atoms with Crippen molar-refractivity contribution in [3.63, 3.8) is 0 Å². The first-order valence-corrected chi connectivity index (χ1v) is 9.20. The van der Waals surface area contributed by atoms with Gasteiger partial charge in [-0.3, -0.25) is 4.79 Å². The van der Waals surface area contributed by atoms with E-state index in [0.717, 1.165) is 4.31 Å². The number of carboxylic acid groups (broad SMARTS) is 1. The lowest BCUT2D eigenvalue weighted by Crippen LogP contribution is -2.34. The second-order valence-corrected chi connectivity index (χ2v) is 7.62. The Kier molecular flexibility index (Phi) is 4.75. The number of aliphatic hydroxyl groups excluding tert-OH is 1. The maximum absolute atomic E-state index is 12.8. The topological polar surface area (TPSA) is 144 Å². The number of pyridine rings is 1. The number of H-pyrrole nitrogens is 2. The quantitative estimate of drug-likeness (QED) is 0.447. The van der Waals surface area contributed by atoms with Gasteiger partial charge in [0.15, 0.2) is 0 Å².